The Bertz CT molecular complexity index is 441. The molecular weight excluding hydrogens is 297 g/mol. The molecule has 0 saturated carbocycles. The lowest BCUT2D eigenvalue weighted by Gasteiger charge is -2.24. The minimum atomic E-state index is -0.0999. The Kier molecular flexibility index (Phi) is 6.80. The van der Waals surface area contributed by atoms with Crippen LogP contribution in [0.25, 0.3) is 0 Å². The number of rotatable bonds is 7. The van der Waals surface area contributed by atoms with E-state index in [1.54, 1.807) is 18.2 Å². The molecule has 112 valence electrons. The van der Waals surface area contributed by atoms with E-state index in [1.807, 2.05) is 0 Å². The van der Waals surface area contributed by atoms with Crippen molar-refractivity contribution in [1.82, 2.24) is 5.32 Å². The average molecular weight is 318 g/mol. The Labute approximate surface area is 130 Å². The number of halogens is 2. The first-order chi connectivity index (χ1) is 9.35. The summed E-state index contributed by atoms with van der Waals surface area (Å²) in [6.45, 7) is 4.86. The standard InChI is InChI=1S/C15H21Cl2NO2/c1-15(2,7-4-8-19)10-18-14(20)9-11-12(16)5-3-6-13(11)17/h3,5-6,19H,4,7-10H2,1-2H3,(H,18,20). The molecule has 0 heterocycles. The third kappa shape index (κ3) is 5.70. The number of hydrogen-bond acceptors (Lipinski definition) is 2. The van der Waals surface area contributed by atoms with Crippen LogP contribution in [0.15, 0.2) is 18.2 Å². The van der Waals surface area contributed by atoms with Gasteiger partial charge in [-0.2, -0.15) is 0 Å². The highest BCUT2D eigenvalue weighted by Crippen LogP contribution is 2.25. The fourth-order valence-corrected chi connectivity index (χ4v) is 2.44. The molecule has 3 nitrogen and oxygen atoms in total. The smallest absolute Gasteiger partial charge is 0.224 e. The monoisotopic (exact) mass is 317 g/mol. The molecule has 0 bridgehead atoms. The van der Waals surface area contributed by atoms with Crippen LogP contribution in [0.3, 0.4) is 0 Å². The second-order valence-corrected chi connectivity index (χ2v) is 6.46. The van der Waals surface area contributed by atoms with E-state index in [-0.39, 0.29) is 24.3 Å². The topological polar surface area (TPSA) is 49.3 Å². The molecule has 1 rings (SSSR count). The van der Waals surface area contributed by atoms with Crippen molar-refractivity contribution in [3.8, 4) is 0 Å². The molecular formula is C15H21Cl2NO2. The molecule has 0 saturated heterocycles. The molecule has 0 radical (unpaired) electrons. The van der Waals surface area contributed by atoms with E-state index >= 15 is 0 Å². The van der Waals surface area contributed by atoms with Crippen LogP contribution in [0.2, 0.25) is 10.0 Å². The minimum absolute atomic E-state index is 0.0390. The van der Waals surface area contributed by atoms with Gasteiger partial charge in [-0.3, -0.25) is 4.79 Å². The van der Waals surface area contributed by atoms with E-state index in [1.165, 1.54) is 0 Å². The third-order valence-corrected chi connectivity index (χ3v) is 3.88. The second-order valence-electron chi connectivity index (χ2n) is 5.65. The van der Waals surface area contributed by atoms with Crippen LogP contribution < -0.4 is 5.32 Å². The fourth-order valence-electron chi connectivity index (χ4n) is 1.91. The maximum Gasteiger partial charge on any atom is 0.224 e. The van der Waals surface area contributed by atoms with Crippen molar-refractivity contribution in [1.29, 1.82) is 0 Å². The Morgan fingerprint density at radius 2 is 1.90 bits per heavy atom. The Balaban J connectivity index is 2.52. The zero-order valence-corrected chi connectivity index (χ0v) is 13.4. The molecule has 5 heteroatoms. The van der Waals surface area contributed by atoms with Gasteiger partial charge in [0.1, 0.15) is 0 Å². The molecule has 1 amide bonds. The lowest BCUT2D eigenvalue weighted by molar-refractivity contribution is -0.120. The zero-order valence-electron chi connectivity index (χ0n) is 11.9. The van der Waals surface area contributed by atoms with Gasteiger partial charge >= 0.3 is 0 Å². The first kappa shape index (κ1) is 17.3. The summed E-state index contributed by atoms with van der Waals surface area (Å²) >= 11 is 12.1. The van der Waals surface area contributed by atoms with Crippen LogP contribution in [-0.4, -0.2) is 24.2 Å². The summed E-state index contributed by atoms with van der Waals surface area (Å²) in [5.74, 6) is -0.0999. The van der Waals surface area contributed by atoms with E-state index in [0.717, 1.165) is 12.8 Å². The predicted molar refractivity (Wildman–Crippen MR) is 83.3 cm³/mol. The summed E-state index contributed by atoms with van der Waals surface area (Å²) in [4.78, 5) is 12.0. The summed E-state index contributed by atoms with van der Waals surface area (Å²) in [6, 6.07) is 5.20. The largest absolute Gasteiger partial charge is 0.396 e. The second kappa shape index (κ2) is 7.87. The number of benzene rings is 1. The number of nitrogens with one attached hydrogen (secondary N) is 1. The summed E-state index contributed by atoms with van der Waals surface area (Å²) in [5, 5.41) is 12.8. The number of aliphatic hydroxyl groups is 1. The van der Waals surface area contributed by atoms with E-state index in [9.17, 15) is 4.79 Å². The van der Waals surface area contributed by atoms with Crippen LogP contribution in [0, 0.1) is 5.41 Å². The van der Waals surface area contributed by atoms with Gasteiger partial charge in [0.25, 0.3) is 0 Å². The first-order valence-corrected chi connectivity index (χ1v) is 7.42. The van der Waals surface area contributed by atoms with Crippen molar-refractivity contribution in [2.45, 2.75) is 33.1 Å². The number of carbonyl (C=O) groups is 1. The third-order valence-electron chi connectivity index (χ3n) is 3.17. The van der Waals surface area contributed by atoms with Crippen molar-refractivity contribution >= 4 is 29.1 Å². The van der Waals surface area contributed by atoms with E-state index < -0.39 is 0 Å². The van der Waals surface area contributed by atoms with Gasteiger partial charge in [-0.1, -0.05) is 43.1 Å². The summed E-state index contributed by atoms with van der Waals surface area (Å²) in [6.07, 6.45) is 1.77. The molecule has 0 unspecified atom stereocenters. The molecule has 0 aliphatic heterocycles. The molecule has 1 aromatic carbocycles. The van der Waals surface area contributed by atoms with Crippen LogP contribution in [0.5, 0.6) is 0 Å². The molecule has 0 spiro atoms. The number of hydrogen-bond donors (Lipinski definition) is 2. The van der Waals surface area contributed by atoms with Gasteiger partial charge in [0.05, 0.1) is 6.42 Å². The predicted octanol–water partition coefficient (Wildman–Crippen LogP) is 3.45. The highest BCUT2D eigenvalue weighted by molar-refractivity contribution is 6.36. The lowest BCUT2D eigenvalue weighted by Crippen LogP contribution is -2.35. The van der Waals surface area contributed by atoms with Crippen molar-refractivity contribution in [2.24, 2.45) is 5.41 Å². The van der Waals surface area contributed by atoms with Crippen molar-refractivity contribution in [3.63, 3.8) is 0 Å². The quantitative estimate of drug-likeness (QED) is 0.809. The maximum atomic E-state index is 12.0. The van der Waals surface area contributed by atoms with Gasteiger partial charge in [-0.05, 0) is 36.0 Å². The summed E-state index contributed by atoms with van der Waals surface area (Å²) in [5.41, 5.74) is 0.615. The minimum Gasteiger partial charge on any atom is -0.396 e. The van der Waals surface area contributed by atoms with E-state index in [2.05, 4.69) is 19.2 Å². The maximum absolute atomic E-state index is 12.0. The Morgan fingerprint density at radius 1 is 1.30 bits per heavy atom. The molecule has 0 aliphatic carbocycles. The first-order valence-electron chi connectivity index (χ1n) is 6.66. The van der Waals surface area contributed by atoms with Crippen molar-refractivity contribution < 1.29 is 9.90 Å². The zero-order chi connectivity index (χ0) is 15.2. The molecule has 0 fully saturated rings. The Morgan fingerprint density at radius 3 is 2.45 bits per heavy atom. The SMILES string of the molecule is CC(C)(CCCO)CNC(=O)Cc1c(Cl)cccc1Cl. The van der Waals surface area contributed by atoms with Gasteiger partial charge in [0.15, 0.2) is 0 Å². The summed E-state index contributed by atoms with van der Waals surface area (Å²) in [7, 11) is 0. The number of aliphatic hydroxyl groups excluding tert-OH is 1. The van der Waals surface area contributed by atoms with Gasteiger partial charge in [0, 0.05) is 23.2 Å². The summed E-state index contributed by atoms with van der Waals surface area (Å²) < 4.78 is 0. The fraction of sp³-hybridized carbons (Fsp3) is 0.533. The van der Waals surface area contributed by atoms with Crippen molar-refractivity contribution in [2.75, 3.05) is 13.2 Å². The highest BCUT2D eigenvalue weighted by atomic mass is 35.5. The average Bonchev–Trinajstić information content (AvgIpc) is 2.39. The normalized spacial score (nSPS) is 11.4. The lowest BCUT2D eigenvalue weighted by atomic mass is 9.88. The van der Waals surface area contributed by atoms with E-state index in [0.29, 0.717) is 22.2 Å². The molecule has 0 atom stereocenters. The van der Waals surface area contributed by atoms with Crippen LogP contribution in [0.1, 0.15) is 32.3 Å². The van der Waals surface area contributed by atoms with Crippen LogP contribution >= 0.6 is 23.2 Å². The molecule has 0 aliphatic rings. The molecule has 1 aromatic rings. The van der Waals surface area contributed by atoms with Crippen LogP contribution in [-0.2, 0) is 11.2 Å². The van der Waals surface area contributed by atoms with Crippen molar-refractivity contribution in [3.05, 3.63) is 33.8 Å². The number of carbonyl (C=O) groups excluding carboxylic acids is 1. The van der Waals surface area contributed by atoms with Gasteiger partial charge in [-0.15, -0.1) is 0 Å². The molecule has 2 N–H and O–H groups in total. The highest BCUT2D eigenvalue weighted by Gasteiger charge is 2.19. The van der Waals surface area contributed by atoms with Crippen LogP contribution in [0.4, 0.5) is 0 Å². The number of amides is 1. The van der Waals surface area contributed by atoms with Gasteiger partial charge < -0.3 is 10.4 Å². The van der Waals surface area contributed by atoms with E-state index in [4.69, 9.17) is 28.3 Å². The van der Waals surface area contributed by atoms with Gasteiger partial charge in [-0.25, -0.2) is 0 Å². The Hall–Kier alpha value is -0.770. The molecule has 20 heavy (non-hydrogen) atoms. The van der Waals surface area contributed by atoms with Gasteiger partial charge in [0.2, 0.25) is 5.91 Å². The molecule has 0 aromatic heterocycles.